The number of rotatable bonds is 5. The Morgan fingerprint density at radius 1 is 1.06 bits per heavy atom. The Morgan fingerprint density at radius 2 is 1.78 bits per heavy atom. The third kappa shape index (κ3) is 3.24. The molecule has 18 heavy (non-hydrogen) atoms. The lowest BCUT2D eigenvalue weighted by atomic mass is 10.2. The van der Waals surface area contributed by atoms with E-state index in [-0.39, 0.29) is 0 Å². The highest BCUT2D eigenvalue weighted by Gasteiger charge is 2.01. The molecule has 0 saturated heterocycles. The van der Waals surface area contributed by atoms with Gasteiger partial charge in [-0.15, -0.1) is 0 Å². The number of methoxy groups -OCH3 is 1. The van der Waals surface area contributed by atoms with Gasteiger partial charge in [0.25, 0.3) is 0 Å². The van der Waals surface area contributed by atoms with E-state index in [9.17, 15) is 0 Å². The zero-order valence-electron chi connectivity index (χ0n) is 10.3. The van der Waals surface area contributed by atoms with Gasteiger partial charge in [-0.2, -0.15) is 0 Å². The first-order chi connectivity index (χ1) is 8.81. The van der Waals surface area contributed by atoms with E-state index < -0.39 is 0 Å². The molecule has 5 heteroatoms. The predicted octanol–water partition coefficient (Wildman–Crippen LogP) is 0.972. The fourth-order valence-corrected chi connectivity index (χ4v) is 1.59. The van der Waals surface area contributed by atoms with Crippen LogP contribution in [0.25, 0.3) is 0 Å². The fraction of sp³-hybridized carbons (Fsp3) is 0.308. The summed E-state index contributed by atoms with van der Waals surface area (Å²) in [5.74, 6) is 1.39. The summed E-state index contributed by atoms with van der Waals surface area (Å²) in [6, 6.07) is 3.79. The second kappa shape index (κ2) is 6.07. The van der Waals surface area contributed by atoms with Crippen LogP contribution in [0.2, 0.25) is 0 Å². The molecular weight excluding hydrogens is 228 g/mol. The van der Waals surface area contributed by atoms with Gasteiger partial charge in [0.15, 0.2) is 0 Å². The van der Waals surface area contributed by atoms with Crippen molar-refractivity contribution < 1.29 is 4.74 Å². The molecule has 0 aromatic carbocycles. The molecule has 0 aliphatic heterocycles. The van der Waals surface area contributed by atoms with Gasteiger partial charge in [0.2, 0.25) is 5.88 Å². The lowest BCUT2D eigenvalue weighted by Crippen LogP contribution is -2.05. The number of aromatic nitrogens is 3. The van der Waals surface area contributed by atoms with Crippen molar-refractivity contribution in [2.75, 3.05) is 13.7 Å². The van der Waals surface area contributed by atoms with Gasteiger partial charge in [-0.05, 0) is 24.1 Å². The number of nitrogens with two attached hydrogens (primary N) is 1. The summed E-state index contributed by atoms with van der Waals surface area (Å²) in [6.45, 7) is 0.616. The minimum Gasteiger partial charge on any atom is -0.481 e. The van der Waals surface area contributed by atoms with Crippen LogP contribution in [0.4, 0.5) is 0 Å². The van der Waals surface area contributed by atoms with Crippen LogP contribution in [0.1, 0.15) is 17.0 Å². The van der Waals surface area contributed by atoms with E-state index in [1.165, 1.54) is 0 Å². The maximum Gasteiger partial charge on any atom is 0.212 e. The molecule has 0 aliphatic carbocycles. The molecule has 0 radical (unpaired) electrons. The number of hydrogen-bond acceptors (Lipinski definition) is 5. The first kappa shape index (κ1) is 12.4. The number of pyridine rings is 1. The molecule has 0 spiro atoms. The first-order valence-electron chi connectivity index (χ1n) is 5.80. The minimum absolute atomic E-state index is 0.609. The summed E-state index contributed by atoms with van der Waals surface area (Å²) in [7, 11) is 1.60. The van der Waals surface area contributed by atoms with Gasteiger partial charge in [0.05, 0.1) is 7.11 Å². The topological polar surface area (TPSA) is 73.9 Å². The molecule has 0 fully saturated rings. The van der Waals surface area contributed by atoms with Gasteiger partial charge in [0.1, 0.15) is 5.82 Å². The SMILES string of the molecule is COc1ccc(Cc2ncc(CCN)cn2)cn1. The number of hydrogen-bond donors (Lipinski definition) is 1. The Labute approximate surface area is 106 Å². The summed E-state index contributed by atoms with van der Waals surface area (Å²) in [5, 5.41) is 0. The molecule has 0 atom stereocenters. The molecule has 5 nitrogen and oxygen atoms in total. The van der Waals surface area contributed by atoms with Crippen LogP contribution in [-0.4, -0.2) is 28.6 Å². The zero-order chi connectivity index (χ0) is 12.8. The van der Waals surface area contributed by atoms with Crippen LogP contribution in [0.3, 0.4) is 0 Å². The van der Waals surface area contributed by atoms with Crippen molar-refractivity contribution in [2.45, 2.75) is 12.8 Å². The van der Waals surface area contributed by atoms with Crippen LogP contribution in [0, 0.1) is 0 Å². The van der Waals surface area contributed by atoms with Crippen LogP contribution < -0.4 is 10.5 Å². The Bertz CT molecular complexity index is 481. The van der Waals surface area contributed by atoms with Crippen molar-refractivity contribution in [3.05, 3.63) is 47.7 Å². The quantitative estimate of drug-likeness (QED) is 0.848. The van der Waals surface area contributed by atoms with E-state index in [2.05, 4.69) is 15.0 Å². The van der Waals surface area contributed by atoms with Gasteiger partial charge in [0, 0.05) is 31.1 Å². The van der Waals surface area contributed by atoms with Gasteiger partial charge < -0.3 is 10.5 Å². The highest BCUT2D eigenvalue weighted by Crippen LogP contribution is 2.09. The molecule has 0 unspecified atom stereocenters. The molecule has 2 rings (SSSR count). The van der Waals surface area contributed by atoms with Crippen molar-refractivity contribution >= 4 is 0 Å². The molecule has 0 bridgehead atoms. The molecule has 0 aliphatic rings. The normalized spacial score (nSPS) is 10.3. The summed E-state index contributed by atoms with van der Waals surface area (Å²) >= 11 is 0. The third-order valence-corrected chi connectivity index (χ3v) is 2.56. The Morgan fingerprint density at radius 3 is 2.33 bits per heavy atom. The Kier molecular flexibility index (Phi) is 4.20. The van der Waals surface area contributed by atoms with Crippen molar-refractivity contribution in [1.82, 2.24) is 15.0 Å². The summed E-state index contributed by atoms with van der Waals surface area (Å²) in [6.07, 6.45) is 6.90. The fourth-order valence-electron chi connectivity index (χ4n) is 1.59. The smallest absolute Gasteiger partial charge is 0.212 e. The second-order valence-electron chi connectivity index (χ2n) is 3.93. The molecule has 2 aromatic rings. The molecule has 94 valence electrons. The van der Waals surface area contributed by atoms with Crippen LogP contribution in [0.5, 0.6) is 5.88 Å². The van der Waals surface area contributed by atoms with E-state index in [1.807, 2.05) is 24.5 Å². The van der Waals surface area contributed by atoms with E-state index in [4.69, 9.17) is 10.5 Å². The number of ether oxygens (including phenoxy) is 1. The van der Waals surface area contributed by atoms with Crippen LogP contribution in [0.15, 0.2) is 30.7 Å². The zero-order valence-corrected chi connectivity index (χ0v) is 10.3. The van der Waals surface area contributed by atoms with Crippen molar-refractivity contribution in [3.8, 4) is 5.88 Å². The average Bonchev–Trinajstić information content (AvgIpc) is 2.42. The number of nitrogens with zero attached hydrogens (tertiary/aromatic N) is 3. The van der Waals surface area contributed by atoms with Gasteiger partial charge in [-0.1, -0.05) is 6.07 Å². The van der Waals surface area contributed by atoms with Gasteiger partial charge in [-0.3, -0.25) is 0 Å². The van der Waals surface area contributed by atoms with E-state index >= 15 is 0 Å². The first-order valence-corrected chi connectivity index (χ1v) is 5.80. The lowest BCUT2D eigenvalue weighted by molar-refractivity contribution is 0.397. The third-order valence-electron chi connectivity index (χ3n) is 2.56. The largest absolute Gasteiger partial charge is 0.481 e. The predicted molar refractivity (Wildman–Crippen MR) is 68.4 cm³/mol. The average molecular weight is 244 g/mol. The molecule has 0 amide bonds. The van der Waals surface area contributed by atoms with Gasteiger partial charge >= 0.3 is 0 Å². The Hall–Kier alpha value is -2.01. The van der Waals surface area contributed by atoms with E-state index in [0.717, 1.165) is 23.4 Å². The van der Waals surface area contributed by atoms with Crippen LogP contribution >= 0.6 is 0 Å². The molecule has 2 N–H and O–H groups in total. The van der Waals surface area contributed by atoms with Crippen molar-refractivity contribution in [1.29, 1.82) is 0 Å². The standard InChI is InChI=1S/C13H16N4O/c1-18-13-3-2-10(7-17-13)6-12-15-8-11(4-5-14)9-16-12/h2-3,7-9H,4-6,14H2,1H3. The molecule has 0 saturated carbocycles. The van der Waals surface area contributed by atoms with Crippen LogP contribution in [-0.2, 0) is 12.8 Å². The van der Waals surface area contributed by atoms with Crippen molar-refractivity contribution in [3.63, 3.8) is 0 Å². The Balaban J connectivity index is 2.03. The highest BCUT2D eigenvalue weighted by atomic mass is 16.5. The lowest BCUT2D eigenvalue weighted by Gasteiger charge is -2.03. The summed E-state index contributed by atoms with van der Waals surface area (Å²) in [5.41, 5.74) is 7.60. The highest BCUT2D eigenvalue weighted by molar-refractivity contribution is 5.21. The summed E-state index contributed by atoms with van der Waals surface area (Å²) in [4.78, 5) is 12.8. The van der Waals surface area contributed by atoms with E-state index in [0.29, 0.717) is 18.8 Å². The summed E-state index contributed by atoms with van der Waals surface area (Å²) < 4.78 is 5.01. The second-order valence-corrected chi connectivity index (χ2v) is 3.93. The van der Waals surface area contributed by atoms with E-state index in [1.54, 1.807) is 13.3 Å². The monoisotopic (exact) mass is 244 g/mol. The van der Waals surface area contributed by atoms with Gasteiger partial charge in [-0.25, -0.2) is 15.0 Å². The molecule has 2 heterocycles. The maximum absolute atomic E-state index is 5.47. The van der Waals surface area contributed by atoms with Crippen molar-refractivity contribution in [2.24, 2.45) is 5.73 Å². The molecule has 2 aromatic heterocycles. The maximum atomic E-state index is 5.47. The minimum atomic E-state index is 0.609. The molecular formula is C13H16N4O.